The molecule has 0 spiro atoms. The highest BCUT2D eigenvalue weighted by Gasteiger charge is 2.09. The zero-order chi connectivity index (χ0) is 34.0. The number of benzene rings is 2. The summed E-state index contributed by atoms with van der Waals surface area (Å²) in [5, 5.41) is 0. The van der Waals surface area contributed by atoms with E-state index in [1.54, 1.807) is 11.1 Å². The van der Waals surface area contributed by atoms with Crippen LogP contribution < -0.4 is 0 Å². The molecule has 274 valence electrons. The van der Waals surface area contributed by atoms with Crippen molar-refractivity contribution in [3.8, 4) is 11.1 Å². The molecule has 0 aliphatic rings. The van der Waals surface area contributed by atoms with E-state index in [-0.39, 0.29) is 0 Å². The van der Waals surface area contributed by atoms with Gasteiger partial charge in [0.05, 0.1) is 0 Å². The highest BCUT2D eigenvalue weighted by molar-refractivity contribution is 5.70. The molecule has 0 atom stereocenters. The van der Waals surface area contributed by atoms with Gasteiger partial charge in [-0.3, -0.25) is 0 Å². The van der Waals surface area contributed by atoms with Gasteiger partial charge in [-0.15, -0.1) is 0 Å². The van der Waals surface area contributed by atoms with Gasteiger partial charge in [0, 0.05) is 0 Å². The number of aryl methyl sites for hydroxylation is 2. The summed E-state index contributed by atoms with van der Waals surface area (Å²) >= 11 is 0. The molecule has 0 aliphatic heterocycles. The lowest BCUT2D eigenvalue weighted by Crippen LogP contribution is -1.95. The fraction of sp³-hybridized carbons (Fsp3) is 0.750. The van der Waals surface area contributed by atoms with Crippen molar-refractivity contribution in [2.24, 2.45) is 0 Å². The van der Waals surface area contributed by atoms with Gasteiger partial charge in [-0.1, -0.05) is 255 Å². The van der Waals surface area contributed by atoms with Crippen LogP contribution in [0.2, 0.25) is 0 Å². The van der Waals surface area contributed by atoms with Crippen LogP contribution in [0.1, 0.15) is 230 Å². The Morgan fingerprint density at radius 1 is 0.250 bits per heavy atom. The molecule has 0 aliphatic carbocycles. The van der Waals surface area contributed by atoms with E-state index in [9.17, 15) is 0 Å². The predicted octanol–water partition coefficient (Wildman–Crippen LogP) is 17.0. The predicted molar refractivity (Wildman–Crippen MR) is 218 cm³/mol. The molecule has 2 rings (SSSR count). The van der Waals surface area contributed by atoms with E-state index in [4.69, 9.17) is 0 Å². The van der Waals surface area contributed by atoms with Crippen LogP contribution in [0.3, 0.4) is 0 Å². The molecule has 0 aromatic heterocycles. The molecule has 0 nitrogen and oxygen atoms in total. The summed E-state index contributed by atoms with van der Waals surface area (Å²) in [6.45, 7) is 4.62. The van der Waals surface area contributed by atoms with Gasteiger partial charge < -0.3 is 0 Å². The first-order valence-electron chi connectivity index (χ1n) is 22.0. The van der Waals surface area contributed by atoms with Crippen molar-refractivity contribution in [1.82, 2.24) is 0 Å². The molecule has 0 heterocycles. The van der Waals surface area contributed by atoms with E-state index in [1.807, 2.05) is 0 Å². The van der Waals surface area contributed by atoms with Crippen LogP contribution in [0, 0.1) is 0 Å². The van der Waals surface area contributed by atoms with E-state index < -0.39 is 0 Å². The Kier molecular flexibility index (Phi) is 29.0. The average Bonchev–Trinajstić information content (AvgIpc) is 3.11. The Balaban J connectivity index is 1.51. The molecule has 0 heteroatoms. The van der Waals surface area contributed by atoms with Crippen LogP contribution in [0.25, 0.3) is 11.1 Å². The zero-order valence-corrected chi connectivity index (χ0v) is 32.7. The largest absolute Gasteiger partial charge is 0.0654 e. The average molecular weight is 659 g/mol. The van der Waals surface area contributed by atoms with E-state index in [0.717, 1.165) is 0 Å². The molecule has 0 amide bonds. The summed E-state index contributed by atoms with van der Waals surface area (Å²) in [5.74, 6) is 0. The summed E-state index contributed by atoms with van der Waals surface area (Å²) in [7, 11) is 0. The molecule has 0 N–H and O–H groups in total. The summed E-state index contributed by atoms with van der Waals surface area (Å²) < 4.78 is 0. The molecule has 0 saturated heterocycles. The topological polar surface area (TPSA) is 0 Å². The maximum Gasteiger partial charge on any atom is -0.0149 e. The normalized spacial score (nSPS) is 11.5. The van der Waals surface area contributed by atoms with Gasteiger partial charge in [0.2, 0.25) is 0 Å². The molecule has 0 fully saturated rings. The minimum absolute atomic E-state index is 1.22. The molecule has 0 bridgehead atoms. The Labute approximate surface area is 302 Å². The van der Waals surface area contributed by atoms with Crippen molar-refractivity contribution >= 4 is 0 Å². The number of unbranched alkanes of at least 4 members (excludes halogenated alkanes) is 30. The highest BCUT2D eigenvalue weighted by Crippen LogP contribution is 2.30. The lowest BCUT2D eigenvalue weighted by molar-refractivity contribution is 0.529. The van der Waals surface area contributed by atoms with Crippen molar-refractivity contribution < 1.29 is 0 Å². The second-order valence-corrected chi connectivity index (χ2v) is 15.4. The van der Waals surface area contributed by atoms with Crippen LogP contribution in [0.5, 0.6) is 0 Å². The number of rotatable bonds is 35. The second-order valence-electron chi connectivity index (χ2n) is 15.4. The lowest BCUT2D eigenvalue weighted by atomic mass is 9.90. The Morgan fingerprint density at radius 2 is 0.458 bits per heavy atom. The van der Waals surface area contributed by atoms with E-state index >= 15 is 0 Å². The van der Waals surface area contributed by atoms with Gasteiger partial charge in [-0.25, -0.2) is 0 Å². The standard InChI is InChI=1S/C48H82/c1-3-5-7-9-11-13-15-17-19-21-23-25-27-29-31-33-39-45-41-35-37-43-47(45)48-44-38-36-42-46(48)40-34-32-30-28-26-24-22-20-18-16-14-12-10-8-6-4-2/h35-38,41-44H,3-34,39-40H2,1-2H3. The summed E-state index contributed by atoms with van der Waals surface area (Å²) in [6, 6.07) is 18.6. The van der Waals surface area contributed by atoms with Crippen molar-refractivity contribution in [3.63, 3.8) is 0 Å². The van der Waals surface area contributed by atoms with Crippen LogP contribution in [-0.2, 0) is 12.8 Å². The third-order valence-electron chi connectivity index (χ3n) is 10.9. The zero-order valence-electron chi connectivity index (χ0n) is 32.7. The Hall–Kier alpha value is -1.56. The first-order valence-corrected chi connectivity index (χ1v) is 22.0. The fourth-order valence-electron chi connectivity index (χ4n) is 7.73. The van der Waals surface area contributed by atoms with E-state index in [0.29, 0.717) is 0 Å². The Bertz CT molecular complexity index is 863. The molecular weight excluding hydrogens is 577 g/mol. The summed E-state index contributed by atoms with van der Waals surface area (Å²) in [5.41, 5.74) is 6.10. The SMILES string of the molecule is CCCCCCCCCCCCCCCCCCc1ccccc1-c1ccccc1CCCCCCCCCCCCCCCCCC. The molecule has 48 heavy (non-hydrogen) atoms. The smallest absolute Gasteiger partial charge is 0.0149 e. The molecule has 2 aromatic rings. The van der Waals surface area contributed by atoms with Crippen molar-refractivity contribution in [2.75, 3.05) is 0 Å². The molecular formula is C48H82. The maximum absolute atomic E-state index is 2.39. The van der Waals surface area contributed by atoms with Crippen molar-refractivity contribution in [3.05, 3.63) is 59.7 Å². The minimum Gasteiger partial charge on any atom is -0.0654 e. The highest BCUT2D eigenvalue weighted by atomic mass is 14.1. The van der Waals surface area contributed by atoms with Crippen LogP contribution in [0.15, 0.2) is 48.5 Å². The molecule has 0 radical (unpaired) electrons. The van der Waals surface area contributed by atoms with Crippen molar-refractivity contribution in [1.29, 1.82) is 0 Å². The van der Waals surface area contributed by atoms with Crippen LogP contribution in [-0.4, -0.2) is 0 Å². The van der Waals surface area contributed by atoms with Gasteiger partial charge in [-0.05, 0) is 47.9 Å². The quantitative estimate of drug-likeness (QED) is 0.0647. The third-order valence-corrected chi connectivity index (χ3v) is 10.9. The number of hydrogen-bond donors (Lipinski definition) is 0. The van der Waals surface area contributed by atoms with Gasteiger partial charge in [0.25, 0.3) is 0 Å². The molecule has 2 aromatic carbocycles. The molecule has 0 saturated carbocycles. The third kappa shape index (κ3) is 23.0. The first kappa shape index (κ1) is 42.6. The van der Waals surface area contributed by atoms with Crippen LogP contribution >= 0.6 is 0 Å². The minimum atomic E-state index is 1.22. The maximum atomic E-state index is 2.39. The van der Waals surface area contributed by atoms with Gasteiger partial charge in [-0.2, -0.15) is 0 Å². The second kappa shape index (κ2) is 32.6. The molecule has 0 unspecified atom stereocenters. The van der Waals surface area contributed by atoms with Gasteiger partial charge in [0.1, 0.15) is 0 Å². The lowest BCUT2D eigenvalue weighted by Gasteiger charge is -2.14. The Morgan fingerprint density at radius 3 is 0.708 bits per heavy atom. The fourth-order valence-corrected chi connectivity index (χ4v) is 7.73. The monoisotopic (exact) mass is 659 g/mol. The van der Waals surface area contributed by atoms with Crippen LogP contribution in [0.4, 0.5) is 0 Å². The number of hydrogen-bond acceptors (Lipinski definition) is 0. The van der Waals surface area contributed by atoms with E-state index in [1.165, 1.54) is 229 Å². The van der Waals surface area contributed by atoms with E-state index in [2.05, 4.69) is 62.4 Å². The van der Waals surface area contributed by atoms with Crippen molar-refractivity contribution in [2.45, 2.75) is 232 Å². The van der Waals surface area contributed by atoms with Gasteiger partial charge in [0.15, 0.2) is 0 Å². The summed E-state index contributed by atoms with van der Waals surface area (Å²) in [4.78, 5) is 0. The van der Waals surface area contributed by atoms with Gasteiger partial charge >= 0.3 is 0 Å². The summed E-state index contributed by atoms with van der Waals surface area (Å²) in [6.07, 6.45) is 48.4. The first-order chi connectivity index (χ1) is 23.9.